The highest BCUT2D eigenvalue weighted by atomic mass is 16.4. The van der Waals surface area contributed by atoms with Crippen LogP contribution in [0.5, 0.6) is 0 Å². The van der Waals surface area contributed by atoms with E-state index in [0.29, 0.717) is 12.1 Å². The van der Waals surface area contributed by atoms with E-state index in [9.17, 15) is 9.90 Å². The smallest absolute Gasteiger partial charge is 0.337 e. The Kier molecular flexibility index (Phi) is 3.21. The number of aryl methyl sites for hydroxylation is 2. The third kappa shape index (κ3) is 2.28. The third-order valence-electron chi connectivity index (χ3n) is 3.35. The van der Waals surface area contributed by atoms with Crippen LogP contribution >= 0.6 is 0 Å². The van der Waals surface area contributed by atoms with Crippen molar-refractivity contribution < 1.29 is 9.90 Å². The Hall–Kier alpha value is -2.62. The summed E-state index contributed by atoms with van der Waals surface area (Å²) in [5.41, 5.74) is 2.12. The number of benzene rings is 1. The lowest BCUT2D eigenvalue weighted by Gasteiger charge is -2.07. The molecule has 20 heavy (non-hydrogen) atoms. The van der Waals surface area contributed by atoms with Crippen molar-refractivity contribution in [2.24, 2.45) is 0 Å². The van der Waals surface area contributed by atoms with Gasteiger partial charge >= 0.3 is 5.97 Å². The Morgan fingerprint density at radius 1 is 1.15 bits per heavy atom. The molecule has 0 aliphatic rings. The van der Waals surface area contributed by atoms with Crippen LogP contribution < -0.4 is 0 Å². The third-order valence-corrected chi connectivity index (χ3v) is 3.35. The number of nitrogens with zero attached hydrogens (tertiary/aromatic N) is 2. The van der Waals surface area contributed by atoms with Gasteiger partial charge in [-0.1, -0.05) is 18.2 Å². The number of pyridine rings is 1. The minimum Gasteiger partial charge on any atom is -0.478 e. The summed E-state index contributed by atoms with van der Waals surface area (Å²) in [6, 6.07) is 13.1. The van der Waals surface area contributed by atoms with Crippen LogP contribution in [-0.4, -0.2) is 20.6 Å². The quantitative estimate of drug-likeness (QED) is 0.789. The number of carboxylic acids is 1. The number of hydrogen-bond acceptors (Lipinski definition) is 2. The van der Waals surface area contributed by atoms with E-state index in [4.69, 9.17) is 0 Å². The number of aromatic nitrogens is 2. The van der Waals surface area contributed by atoms with Gasteiger partial charge in [0.1, 0.15) is 0 Å². The number of fused-ring (bicyclic) bond motifs is 1. The van der Waals surface area contributed by atoms with Crippen molar-refractivity contribution in [1.82, 2.24) is 9.55 Å². The van der Waals surface area contributed by atoms with Gasteiger partial charge in [0.2, 0.25) is 0 Å². The van der Waals surface area contributed by atoms with Crippen molar-refractivity contribution in [3.63, 3.8) is 0 Å². The van der Waals surface area contributed by atoms with Crippen LogP contribution in [0.15, 0.2) is 54.9 Å². The fourth-order valence-corrected chi connectivity index (χ4v) is 2.40. The van der Waals surface area contributed by atoms with E-state index in [1.807, 2.05) is 41.1 Å². The highest BCUT2D eigenvalue weighted by Gasteiger charge is 2.11. The molecule has 0 aliphatic heterocycles. The lowest BCUT2D eigenvalue weighted by atomic mass is 10.1. The minimum absolute atomic E-state index is 0.341. The van der Waals surface area contributed by atoms with Crippen LogP contribution in [0.25, 0.3) is 10.9 Å². The van der Waals surface area contributed by atoms with Gasteiger partial charge < -0.3 is 9.67 Å². The van der Waals surface area contributed by atoms with Gasteiger partial charge in [0.05, 0.1) is 11.1 Å². The number of rotatable bonds is 4. The first kappa shape index (κ1) is 12.4. The summed E-state index contributed by atoms with van der Waals surface area (Å²) < 4.78 is 1.98. The van der Waals surface area contributed by atoms with E-state index in [1.165, 1.54) is 0 Å². The number of para-hydroxylation sites is 1. The molecule has 100 valence electrons. The lowest BCUT2D eigenvalue weighted by Crippen LogP contribution is -2.05. The highest BCUT2D eigenvalue weighted by Crippen LogP contribution is 2.20. The van der Waals surface area contributed by atoms with Crippen molar-refractivity contribution in [3.05, 3.63) is 66.1 Å². The molecule has 0 saturated carbocycles. The van der Waals surface area contributed by atoms with Crippen LogP contribution in [0.4, 0.5) is 0 Å². The molecule has 0 unspecified atom stereocenters. The maximum atomic E-state index is 11.3. The lowest BCUT2D eigenvalue weighted by molar-refractivity contribution is 0.0698. The molecular weight excluding hydrogens is 252 g/mol. The second kappa shape index (κ2) is 5.17. The SMILES string of the molecule is O=C(O)c1cccc2ccn(CCc3ccccn3)c12. The summed E-state index contributed by atoms with van der Waals surface area (Å²) in [7, 11) is 0. The molecule has 0 amide bonds. The van der Waals surface area contributed by atoms with Crippen LogP contribution in [-0.2, 0) is 13.0 Å². The fourth-order valence-electron chi connectivity index (χ4n) is 2.40. The van der Waals surface area contributed by atoms with Gasteiger partial charge in [-0.15, -0.1) is 0 Å². The topological polar surface area (TPSA) is 55.1 Å². The molecule has 2 aromatic heterocycles. The summed E-state index contributed by atoms with van der Waals surface area (Å²) in [4.78, 5) is 15.6. The molecule has 1 N–H and O–H groups in total. The predicted molar refractivity (Wildman–Crippen MR) is 76.8 cm³/mol. The first-order valence-corrected chi connectivity index (χ1v) is 6.47. The minimum atomic E-state index is -0.895. The fraction of sp³-hybridized carbons (Fsp3) is 0.125. The molecule has 0 spiro atoms. The zero-order valence-electron chi connectivity index (χ0n) is 10.9. The standard InChI is InChI=1S/C16H14N2O2/c19-16(20)14-6-3-4-12-7-10-18(15(12)14)11-8-13-5-1-2-9-17-13/h1-7,9-10H,8,11H2,(H,19,20). The number of aromatic carboxylic acids is 1. The van der Waals surface area contributed by atoms with E-state index < -0.39 is 5.97 Å². The molecule has 2 heterocycles. The van der Waals surface area contributed by atoms with Gasteiger partial charge in [-0.25, -0.2) is 4.79 Å². The zero-order chi connectivity index (χ0) is 13.9. The van der Waals surface area contributed by atoms with Gasteiger partial charge in [-0.05, 0) is 24.3 Å². The molecule has 0 bridgehead atoms. The van der Waals surface area contributed by atoms with Gasteiger partial charge in [0.25, 0.3) is 0 Å². The van der Waals surface area contributed by atoms with Crippen LogP contribution in [0.2, 0.25) is 0 Å². The highest BCUT2D eigenvalue weighted by molar-refractivity contribution is 6.02. The van der Waals surface area contributed by atoms with Gasteiger partial charge in [0, 0.05) is 36.4 Å². The largest absolute Gasteiger partial charge is 0.478 e. The monoisotopic (exact) mass is 266 g/mol. The summed E-state index contributed by atoms with van der Waals surface area (Å²) >= 11 is 0. The Morgan fingerprint density at radius 2 is 2.05 bits per heavy atom. The van der Waals surface area contributed by atoms with Crippen LogP contribution in [0.1, 0.15) is 16.1 Å². The van der Waals surface area contributed by atoms with Crippen LogP contribution in [0, 0.1) is 0 Å². The summed E-state index contributed by atoms with van der Waals surface area (Å²) in [5.74, 6) is -0.895. The molecule has 1 aromatic carbocycles. The van der Waals surface area contributed by atoms with E-state index >= 15 is 0 Å². The van der Waals surface area contributed by atoms with Crippen molar-refractivity contribution in [2.75, 3.05) is 0 Å². The van der Waals surface area contributed by atoms with Gasteiger partial charge in [-0.2, -0.15) is 0 Å². The van der Waals surface area contributed by atoms with Crippen molar-refractivity contribution in [1.29, 1.82) is 0 Å². The molecule has 3 aromatic rings. The second-order valence-electron chi connectivity index (χ2n) is 4.63. The first-order valence-electron chi connectivity index (χ1n) is 6.47. The van der Waals surface area contributed by atoms with Crippen LogP contribution in [0.3, 0.4) is 0 Å². The molecular formula is C16H14N2O2. The first-order chi connectivity index (χ1) is 9.75. The number of carbonyl (C=O) groups is 1. The second-order valence-corrected chi connectivity index (χ2v) is 4.63. The normalized spacial score (nSPS) is 10.8. The van der Waals surface area contributed by atoms with Gasteiger partial charge in [0.15, 0.2) is 0 Å². The molecule has 0 radical (unpaired) electrons. The molecule has 4 heteroatoms. The summed E-state index contributed by atoms with van der Waals surface area (Å²) in [6.45, 7) is 0.713. The predicted octanol–water partition coefficient (Wildman–Crippen LogP) is 2.98. The number of hydrogen-bond donors (Lipinski definition) is 1. The van der Waals surface area contributed by atoms with E-state index in [2.05, 4.69) is 4.98 Å². The van der Waals surface area contributed by atoms with E-state index in [1.54, 1.807) is 18.3 Å². The Bertz CT molecular complexity index is 748. The van der Waals surface area contributed by atoms with Crippen molar-refractivity contribution in [2.45, 2.75) is 13.0 Å². The Labute approximate surface area is 116 Å². The van der Waals surface area contributed by atoms with E-state index in [0.717, 1.165) is 23.0 Å². The molecule has 0 atom stereocenters. The zero-order valence-corrected chi connectivity index (χ0v) is 10.9. The summed E-state index contributed by atoms with van der Waals surface area (Å²) in [6.07, 6.45) is 4.48. The Morgan fingerprint density at radius 3 is 2.80 bits per heavy atom. The van der Waals surface area contributed by atoms with E-state index in [-0.39, 0.29) is 0 Å². The molecule has 3 rings (SSSR count). The van der Waals surface area contributed by atoms with Crippen molar-refractivity contribution >= 4 is 16.9 Å². The molecule has 4 nitrogen and oxygen atoms in total. The maximum Gasteiger partial charge on any atom is 0.337 e. The molecule has 0 aliphatic carbocycles. The van der Waals surface area contributed by atoms with Gasteiger partial charge in [-0.3, -0.25) is 4.98 Å². The average Bonchev–Trinajstić information content (AvgIpc) is 2.89. The summed E-state index contributed by atoms with van der Waals surface area (Å²) in [5, 5.41) is 10.2. The maximum absolute atomic E-state index is 11.3. The van der Waals surface area contributed by atoms with Crippen molar-refractivity contribution in [3.8, 4) is 0 Å². The average molecular weight is 266 g/mol. The molecule has 0 fully saturated rings. The Balaban J connectivity index is 1.94. The molecule has 0 saturated heterocycles. The number of carboxylic acid groups (broad SMARTS) is 1.